The van der Waals surface area contributed by atoms with Crippen molar-refractivity contribution in [3.8, 4) is 17.2 Å². The molecule has 0 fully saturated rings. The molecule has 0 atom stereocenters. The fourth-order valence-corrected chi connectivity index (χ4v) is 3.51. The quantitative estimate of drug-likeness (QED) is 0.0986. The van der Waals surface area contributed by atoms with E-state index in [4.69, 9.17) is 18.9 Å². The van der Waals surface area contributed by atoms with Gasteiger partial charge in [-0.25, -0.2) is 14.4 Å². The number of aryl methyl sites for hydroxylation is 1. The van der Waals surface area contributed by atoms with Gasteiger partial charge in [-0.2, -0.15) is 0 Å². The van der Waals surface area contributed by atoms with Crippen molar-refractivity contribution in [1.29, 1.82) is 0 Å². The van der Waals surface area contributed by atoms with E-state index in [0.717, 1.165) is 37.7 Å². The first-order valence-corrected chi connectivity index (χ1v) is 13.0. The van der Waals surface area contributed by atoms with Gasteiger partial charge in [0.15, 0.2) is 0 Å². The van der Waals surface area contributed by atoms with Gasteiger partial charge in [-0.15, -0.1) is 0 Å². The molecule has 0 spiro atoms. The largest absolute Gasteiger partial charge is 0.494 e. The third-order valence-corrected chi connectivity index (χ3v) is 5.82. The van der Waals surface area contributed by atoms with Crippen LogP contribution in [0.3, 0.4) is 0 Å². The lowest BCUT2D eigenvalue weighted by atomic mass is 10.2. The van der Waals surface area contributed by atoms with E-state index in [1.54, 1.807) is 67.6 Å². The molecule has 7 heteroatoms. The van der Waals surface area contributed by atoms with E-state index in [0.29, 0.717) is 47.2 Å². The molecule has 0 aliphatic heterocycles. The summed E-state index contributed by atoms with van der Waals surface area (Å²) in [6, 6.07) is 20.3. The van der Waals surface area contributed by atoms with Crippen LogP contribution < -0.4 is 14.2 Å². The Labute approximate surface area is 229 Å². The minimum Gasteiger partial charge on any atom is -0.494 e. The summed E-state index contributed by atoms with van der Waals surface area (Å²) in [7, 11) is 0. The number of rotatable bonds is 14. The Morgan fingerprint density at radius 3 is 1.59 bits per heavy atom. The van der Waals surface area contributed by atoms with Crippen LogP contribution in [0.4, 0.5) is 0 Å². The Bertz CT molecular complexity index is 1240. The zero-order chi connectivity index (χ0) is 28.0. The maximum atomic E-state index is 12.5. The van der Waals surface area contributed by atoms with Gasteiger partial charge in [0, 0.05) is 5.57 Å². The molecule has 204 valence electrons. The molecule has 0 heterocycles. The molecule has 3 aromatic rings. The van der Waals surface area contributed by atoms with Crippen LogP contribution in [0, 0.1) is 0 Å². The Morgan fingerprint density at radius 2 is 1.10 bits per heavy atom. The fraction of sp³-hybridized carbons (Fsp3) is 0.281. The van der Waals surface area contributed by atoms with E-state index < -0.39 is 11.9 Å². The highest BCUT2D eigenvalue weighted by atomic mass is 16.5. The lowest BCUT2D eigenvalue weighted by Gasteiger charge is -2.09. The predicted molar refractivity (Wildman–Crippen MR) is 148 cm³/mol. The van der Waals surface area contributed by atoms with Gasteiger partial charge < -0.3 is 18.9 Å². The molecule has 0 aromatic heterocycles. The maximum Gasteiger partial charge on any atom is 0.343 e. The lowest BCUT2D eigenvalue weighted by molar-refractivity contribution is -0.139. The van der Waals surface area contributed by atoms with Gasteiger partial charge in [0.2, 0.25) is 0 Å². The Morgan fingerprint density at radius 1 is 0.641 bits per heavy atom. The van der Waals surface area contributed by atoms with Crippen LogP contribution in [0.15, 0.2) is 84.9 Å². The molecule has 0 saturated heterocycles. The van der Waals surface area contributed by atoms with E-state index in [2.05, 4.69) is 13.5 Å². The summed E-state index contributed by atoms with van der Waals surface area (Å²) in [5.41, 5.74) is 2.30. The predicted octanol–water partition coefficient (Wildman–Crippen LogP) is 6.75. The molecular formula is C32H34O7. The van der Waals surface area contributed by atoms with Crippen molar-refractivity contribution >= 4 is 17.9 Å². The number of carbonyl (C=O) groups excluding carboxylic acids is 3. The molecular weight excluding hydrogens is 496 g/mol. The van der Waals surface area contributed by atoms with Crippen LogP contribution in [-0.4, -0.2) is 31.1 Å². The number of hydrogen-bond donors (Lipinski definition) is 0. The first-order chi connectivity index (χ1) is 18.9. The fourth-order valence-electron chi connectivity index (χ4n) is 3.51. The molecule has 0 N–H and O–H groups in total. The van der Waals surface area contributed by atoms with E-state index in [1.165, 1.54) is 0 Å². The van der Waals surface area contributed by atoms with Crippen LogP contribution >= 0.6 is 0 Å². The first-order valence-electron chi connectivity index (χ1n) is 13.0. The second-order valence-corrected chi connectivity index (χ2v) is 9.00. The number of ether oxygens (including phenoxy) is 4. The van der Waals surface area contributed by atoms with Gasteiger partial charge in [-0.05, 0) is 105 Å². The number of esters is 3. The van der Waals surface area contributed by atoms with Crippen molar-refractivity contribution in [3.05, 3.63) is 102 Å². The van der Waals surface area contributed by atoms with Crippen molar-refractivity contribution in [3.63, 3.8) is 0 Å². The molecule has 3 rings (SSSR count). The zero-order valence-corrected chi connectivity index (χ0v) is 22.4. The summed E-state index contributed by atoms with van der Waals surface area (Å²) in [5, 5.41) is 0. The van der Waals surface area contributed by atoms with Crippen molar-refractivity contribution in [2.24, 2.45) is 0 Å². The Balaban J connectivity index is 1.37. The molecule has 0 radical (unpaired) electrons. The number of hydrogen-bond acceptors (Lipinski definition) is 7. The van der Waals surface area contributed by atoms with Crippen LogP contribution in [0.1, 0.15) is 65.8 Å². The van der Waals surface area contributed by atoms with Gasteiger partial charge in [-0.1, -0.05) is 25.6 Å². The molecule has 0 unspecified atom stereocenters. The standard InChI is InChI=1S/C32H34O7/c1-4-24-9-15-28(16-10-24)38-32(35)26-13-19-29(20-14-26)39-31(34)25-11-17-27(18-12-25)36-21-7-5-6-8-22-37-30(33)23(2)3/h9-20H,2,4-8,21-22H2,1,3H3. The van der Waals surface area contributed by atoms with Gasteiger partial charge in [0.25, 0.3) is 0 Å². The third-order valence-electron chi connectivity index (χ3n) is 5.82. The van der Waals surface area contributed by atoms with Gasteiger partial charge >= 0.3 is 17.9 Å². The zero-order valence-electron chi connectivity index (χ0n) is 22.4. The summed E-state index contributed by atoms with van der Waals surface area (Å²) in [5.74, 6) is 0.0960. The van der Waals surface area contributed by atoms with Crippen molar-refractivity contribution in [1.82, 2.24) is 0 Å². The molecule has 39 heavy (non-hydrogen) atoms. The molecule has 0 aliphatic rings. The molecule has 3 aromatic carbocycles. The average molecular weight is 531 g/mol. The highest BCUT2D eigenvalue weighted by Gasteiger charge is 2.12. The molecule has 0 aliphatic carbocycles. The molecule has 0 amide bonds. The van der Waals surface area contributed by atoms with Gasteiger partial charge in [0.1, 0.15) is 17.2 Å². The average Bonchev–Trinajstić information content (AvgIpc) is 2.95. The summed E-state index contributed by atoms with van der Waals surface area (Å²) in [6.45, 7) is 8.18. The normalized spacial score (nSPS) is 10.4. The minimum absolute atomic E-state index is 0.318. The SMILES string of the molecule is C=C(C)C(=O)OCCCCCCOc1ccc(C(=O)Oc2ccc(C(=O)Oc3ccc(CC)cc3)cc2)cc1. The van der Waals surface area contributed by atoms with E-state index in [-0.39, 0.29) is 5.97 Å². The number of unbranched alkanes of at least 4 members (excludes halogenated alkanes) is 3. The second kappa shape index (κ2) is 15.1. The smallest absolute Gasteiger partial charge is 0.343 e. The number of carbonyl (C=O) groups is 3. The third kappa shape index (κ3) is 9.78. The van der Waals surface area contributed by atoms with E-state index >= 15 is 0 Å². The van der Waals surface area contributed by atoms with Crippen LogP contribution in [-0.2, 0) is 16.0 Å². The summed E-state index contributed by atoms with van der Waals surface area (Å²) < 4.78 is 21.6. The Hall–Kier alpha value is -4.39. The maximum absolute atomic E-state index is 12.5. The number of benzene rings is 3. The first kappa shape index (κ1) is 29.2. The van der Waals surface area contributed by atoms with Gasteiger partial charge in [-0.3, -0.25) is 0 Å². The van der Waals surface area contributed by atoms with Crippen LogP contribution in [0.5, 0.6) is 17.2 Å². The summed E-state index contributed by atoms with van der Waals surface area (Å²) in [4.78, 5) is 36.2. The van der Waals surface area contributed by atoms with E-state index in [1.807, 2.05) is 12.1 Å². The molecule has 0 saturated carbocycles. The van der Waals surface area contributed by atoms with E-state index in [9.17, 15) is 14.4 Å². The summed E-state index contributed by atoms with van der Waals surface area (Å²) in [6.07, 6.45) is 4.47. The van der Waals surface area contributed by atoms with Crippen molar-refractivity contribution < 1.29 is 33.3 Å². The summed E-state index contributed by atoms with van der Waals surface area (Å²) >= 11 is 0. The van der Waals surface area contributed by atoms with Crippen LogP contribution in [0.2, 0.25) is 0 Å². The minimum atomic E-state index is -0.514. The topological polar surface area (TPSA) is 88.1 Å². The molecule has 0 bridgehead atoms. The second-order valence-electron chi connectivity index (χ2n) is 9.00. The van der Waals surface area contributed by atoms with Crippen molar-refractivity contribution in [2.45, 2.75) is 46.0 Å². The van der Waals surface area contributed by atoms with Crippen LogP contribution in [0.25, 0.3) is 0 Å². The Kier molecular flexibility index (Phi) is 11.3. The van der Waals surface area contributed by atoms with Gasteiger partial charge in [0.05, 0.1) is 24.3 Å². The highest BCUT2D eigenvalue weighted by Crippen LogP contribution is 2.19. The molecule has 7 nitrogen and oxygen atoms in total. The highest BCUT2D eigenvalue weighted by molar-refractivity contribution is 5.92. The van der Waals surface area contributed by atoms with Crippen molar-refractivity contribution in [2.75, 3.05) is 13.2 Å². The monoisotopic (exact) mass is 530 g/mol. The lowest BCUT2D eigenvalue weighted by Crippen LogP contribution is -2.10.